The maximum absolute atomic E-state index is 11.9. The Kier molecular flexibility index (Phi) is 4.92. The lowest BCUT2D eigenvalue weighted by Crippen LogP contribution is -2.45. The van der Waals surface area contributed by atoms with E-state index < -0.39 is 0 Å². The first kappa shape index (κ1) is 15.2. The van der Waals surface area contributed by atoms with Gasteiger partial charge in [-0.3, -0.25) is 0 Å². The van der Waals surface area contributed by atoms with Crippen molar-refractivity contribution in [3.63, 3.8) is 0 Å². The molecule has 1 aromatic rings. The lowest BCUT2D eigenvalue weighted by molar-refractivity contribution is 0.234. The van der Waals surface area contributed by atoms with E-state index in [-0.39, 0.29) is 11.4 Å². The molecule has 0 bridgehead atoms. The fraction of sp³-hybridized carbons (Fsp3) is 0.562. The van der Waals surface area contributed by atoms with Gasteiger partial charge in [0.05, 0.1) is 0 Å². The van der Waals surface area contributed by atoms with E-state index in [0.717, 1.165) is 23.4 Å². The molecule has 110 valence electrons. The summed E-state index contributed by atoms with van der Waals surface area (Å²) in [5, 5.41) is 6.75. The Hall–Kier alpha value is -1.22. The SMILES string of the molecule is CC(C)(CNC(=O)NC1CCCC1)c1ccccc1Cl. The van der Waals surface area contributed by atoms with Crippen molar-refractivity contribution in [3.8, 4) is 0 Å². The van der Waals surface area contributed by atoms with Crippen LogP contribution in [0.5, 0.6) is 0 Å². The zero-order valence-electron chi connectivity index (χ0n) is 12.2. The second-order valence-corrected chi connectivity index (χ2v) is 6.58. The van der Waals surface area contributed by atoms with Crippen LogP contribution in [0.1, 0.15) is 45.1 Å². The lowest BCUT2D eigenvalue weighted by Gasteiger charge is -2.27. The van der Waals surface area contributed by atoms with E-state index in [1.165, 1.54) is 12.8 Å². The van der Waals surface area contributed by atoms with E-state index >= 15 is 0 Å². The molecule has 1 aliphatic rings. The quantitative estimate of drug-likeness (QED) is 0.870. The summed E-state index contributed by atoms with van der Waals surface area (Å²) in [6.45, 7) is 4.74. The Morgan fingerprint density at radius 1 is 1.30 bits per heavy atom. The van der Waals surface area contributed by atoms with Gasteiger partial charge in [-0.05, 0) is 24.5 Å². The number of benzene rings is 1. The molecular formula is C16H23ClN2O. The van der Waals surface area contributed by atoms with Crippen molar-refractivity contribution >= 4 is 17.6 Å². The van der Waals surface area contributed by atoms with Crippen LogP contribution in [-0.2, 0) is 5.41 Å². The number of halogens is 1. The molecule has 1 fully saturated rings. The number of carbonyl (C=O) groups is 1. The van der Waals surface area contributed by atoms with Crippen molar-refractivity contribution in [2.75, 3.05) is 6.54 Å². The van der Waals surface area contributed by atoms with Gasteiger partial charge in [0.15, 0.2) is 0 Å². The van der Waals surface area contributed by atoms with Crippen LogP contribution in [0.15, 0.2) is 24.3 Å². The number of hydrogen-bond donors (Lipinski definition) is 2. The van der Waals surface area contributed by atoms with Crippen LogP contribution < -0.4 is 10.6 Å². The van der Waals surface area contributed by atoms with Gasteiger partial charge in [-0.15, -0.1) is 0 Å². The molecule has 0 radical (unpaired) electrons. The molecule has 20 heavy (non-hydrogen) atoms. The summed E-state index contributed by atoms with van der Waals surface area (Å²) in [7, 11) is 0. The summed E-state index contributed by atoms with van der Waals surface area (Å²) in [6.07, 6.45) is 4.63. The third-order valence-corrected chi connectivity index (χ3v) is 4.31. The van der Waals surface area contributed by atoms with Gasteiger partial charge in [0.2, 0.25) is 0 Å². The third kappa shape index (κ3) is 3.89. The molecule has 0 heterocycles. The summed E-state index contributed by atoms with van der Waals surface area (Å²) in [4.78, 5) is 11.9. The van der Waals surface area contributed by atoms with Crippen LogP contribution in [0.2, 0.25) is 5.02 Å². The van der Waals surface area contributed by atoms with E-state index in [0.29, 0.717) is 12.6 Å². The zero-order chi connectivity index (χ0) is 14.6. The van der Waals surface area contributed by atoms with Crippen LogP contribution in [-0.4, -0.2) is 18.6 Å². The summed E-state index contributed by atoms with van der Waals surface area (Å²) >= 11 is 6.23. The summed E-state index contributed by atoms with van der Waals surface area (Å²) < 4.78 is 0. The molecule has 0 atom stereocenters. The van der Waals surface area contributed by atoms with Gasteiger partial charge in [0, 0.05) is 23.0 Å². The Balaban J connectivity index is 1.88. The zero-order valence-corrected chi connectivity index (χ0v) is 13.0. The number of hydrogen-bond acceptors (Lipinski definition) is 1. The molecule has 0 saturated heterocycles. The van der Waals surface area contributed by atoms with Gasteiger partial charge in [0.25, 0.3) is 0 Å². The van der Waals surface area contributed by atoms with Gasteiger partial charge in [-0.1, -0.05) is 56.5 Å². The summed E-state index contributed by atoms with van der Waals surface area (Å²) in [5.74, 6) is 0. The monoisotopic (exact) mass is 294 g/mol. The van der Waals surface area contributed by atoms with E-state index in [1.807, 2.05) is 24.3 Å². The molecule has 2 rings (SSSR count). The molecule has 0 unspecified atom stereocenters. The van der Waals surface area contributed by atoms with E-state index in [2.05, 4.69) is 24.5 Å². The highest BCUT2D eigenvalue weighted by molar-refractivity contribution is 6.31. The molecule has 2 amide bonds. The van der Waals surface area contributed by atoms with Crippen molar-refractivity contribution < 1.29 is 4.79 Å². The molecule has 1 saturated carbocycles. The maximum atomic E-state index is 11.9. The van der Waals surface area contributed by atoms with Crippen molar-refractivity contribution in [1.29, 1.82) is 0 Å². The highest BCUT2D eigenvalue weighted by Crippen LogP contribution is 2.29. The molecule has 0 aliphatic heterocycles. The first-order chi connectivity index (χ1) is 9.49. The minimum absolute atomic E-state index is 0.0722. The fourth-order valence-corrected chi connectivity index (χ4v) is 3.10. The van der Waals surface area contributed by atoms with Crippen molar-refractivity contribution in [3.05, 3.63) is 34.9 Å². The average molecular weight is 295 g/mol. The van der Waals surface area contributed by atoms with Crippen LogP contribution >= 0.6 is 11.6 Å². The van der Waals surface area contributed by atoms with E-state index in [4.69, 9.17) is 11.6 Å². The minimum atomic E-state index is -0.189. The van der Waals surface area contributed by atoms with Gasteiger partial charge in [-0.2, -0.15) is 0 Å². The van der Waals surface area contributed by atoms with Crippen molar-refractivity contribution in [2.45, 2.75) is 51.0 Å². The molecule has 1 aromatic carbocycles. The lowest BCUT2D eigenvalue weighted by atomic mass is 9.84. The predicted octanol–water partition coefficient (Wildman–Crippen LogP) is 3.86. The molecule has 1 aliphatic carbocycles. The molecule has 4 heteroatoms. The van der Waals surface area contributed by atoms with Crippen LogP contribution in [0.3, 0.4) is 0 Å². The first-order valence-electron chi connectivity index (χ1n) is 7.28. The number of carbonyl (C=O) groups excluding carboxylic acids is 1. The maximum Gasteiger partial charge on any atom is 0.315 e. The summed E-state index contributed by atoms with van der Waals surface area (Å²) in [6, 6.07) is 8.07. The molecule has 0 aromatic heterocycles. The van der Waals surface area contributed by atoms with Gasteiger partial charge < -0.3 is 10.6 Å². The highest BCUT2D eigenvalue weighted by Gasteiger charge is 2.24. The number of urea groups is 1. The molecular weight excluding hydrogens is 272 g/mol. The predicted molar refractivity (Wildman–Crippen MR) is 83.3 cm³/mol. The van der Waals surface area contributed by atoms with Gasteiger partial charge in [-0.25, -0.2) is 4.79 Å². The van der Waals surface area contributed by atoms with Gasteiger partial charge >= 0.3 is 6.03 Å². The van der Waals surface area contributed by atoms with Crippen molar-refractivity contribution in [2.24, 2.45) is 0 Å². The minimum Gasteiger partial charge on any atom is -0.337 e. The second kappa shape index (κ2) is 6.49. The average Bonchev–Trinajstić information content (AvgIpc) is 2.90. The third-order valence-electron chi connectivity index (χ3n) is 3.98. The second-order valence-electron chi connectivity index (χ2n) is 6.17. The van der Waals surface area contributed by atoms with Crippen LogP contribution in [0.4, 0.5) is 4.79 Å². The van der Waals surface area contributed by atoms with Crippen LogP contribution in [0.25, 0.3) is 0 Å². The van der Waals surface area contributed by atoms with E-state index in [1.54, 1.807) is 0 Å². The van der Waals surface area contributed by atoms with Crippen molar-refractivity contribution in [1.82, 2.24) is 10.6 Å². The van der Waals surface area contributed by atoms with Crippen LogP contribution in [0, 0.1) is 0 Å². The molecule has 3 nitrogen and oxygen atoms in total. The summed E-state index contributed by atoms with van der Waals surface area (Å²) in [5.41, 5.74) is 0.869. The first-order valence-corrected chi connectivity index (χ1v) is 7.66. The smallest absolute Gasteiger partial charge is 0.315 e. The Bertz CT molecular complexity index is 467. The Morgan fingerprint density at radius 3 is 2.60 bits per heavy atom. The number of nitrogens with one attached hydrogen (secondary N) is 2. The molecule has 2 N–H and O–H groups in total. The molecule has 0 spiro atoms. The Morgan fingerprint density at radius 2 is 1.95 bits per heavy atom. The topological polar surface area (TPSA) is 41.1 Å². The largest absolute Gasteiger partial charge is 0.337 e. The standard InChI is InChI=1S/C16H23ClN2O/c1-16(2,13-9-5-6-10-14(13)17)11-18-15(20)19-12-7-3-4-8-12/h5-6,9-10,12H,3-4,7-8,11H2,1-2H3,(H2,18,19,20). The number of amides is 2. The number of rotatable bonds is 4. The fourth-order valence-electron chi connectivity index (χ4n) is 2.71. The van der Waals surface area contributed by atoms with E-state index in [9.17, 15) is 4.79 Å². The van der Waals surface area contributed by atoms with Gasteiger partial charge in [0.1, 0.15) is 0 Å². The highest BCUT2D eigenvalue weighted by atomic mass is 35.5. The Labute approximate surface area is 126 Å². The normalized spacial score (nSPS) is 16.1.